The van der Waals surface area contributed by atoms with Crippen LogP contribution in [0, 0.1) is 0 Å². The fourth-order valence-corrected chi connectivity index (χ4v) is 3.87. The molecule has 27 heavy (non-hydrogen) atoms. The van der Waals surface area contributed by atoms with Crippen LogP contribution in [0.15, 0.2) is 67.0 Å². The Hall–Kier alpha value is -3.20. The fraction of sp³-hybridized carbons (Fsp3) is 0.167. The maximum Gasteiger partial charge on any atom is 0.128 e. The molecule has 0 atom stereocenters. The number of hydrogen-bond donors (Lipinski definition) is 1. The molecule has 2 aromatic heterocycles. The summed E-state index contributed by atoms with van der Waals surface area (Å²) in [4.78, 5) is 12.6. The number of aromatic amines is 1. The number of aryl methyl sites for hydroxylation is 2. The summed E-state index contributed by atoms with van der Waals surface area (Å²) in [5, 5.41) is 1.27. The minimum absolute atomic E-state index is 0.828. The Morgan fingerprint density at radius 3 is 3.00 bits per heavy atom. The summed E-state index contributed by atoms with van der Waals surface area (Å²) in [7, 11) is 0. The largest absolute Gasteiger partial charge is 0.361 e. The Morgan fingerprint density at radius 2 is 2.00 bits per heavy atom. The van der Waals surface area contributed by atoms with E-state index in [0.29, 0.717) is 0 Å². The number of aromatic nitrogens is 3. The Kier molecular flexibility index (Phi) is 4.06. The van der Waals surface area contributed by atoms with Crippen molar-refractivity contribution in [2.75, 3.05) is 0 Å². The van der Waals surface area contributed by atoms with Crippen LogP contribution in [0.3, 0.4) is 0 Å². The molecule has 1 aliphatic carbocycles. The third kappa shape index (κ3) is 3.28. The van der Waals surface area contributed by atoms with E-state index >= 15 is 0 Å². The number of allylic oxidation sites excluding steroid dienone is 1. The first-order valence-corrected chi connectivity index (χ1v) is 9.49. The monoisotopic (exact) mass is 351 g/mol. The van der Waals surface area contributed by atoms with Gasteiger partial charge in [0.05, 0.1) is 0 Å². The van der Waals surface area contributed by atoms with E-state index in [-0.39, 0.29) is 0 Å². The highest BCUT2D eigenvalue weighted by Crippen LogP contribution is 2.22. The first-order chi connectivity index (χ1) is 13.3. The third-order valence-electron chi connectivity index (χ3n) is 5.30. The molecular weight excluding hydrogens is 330 g/mol. The molecule has 132 valence electrons. The van der Waals surface area contributed by atoms with Crippen LogP contribution in [0.25, 0.3) is 17.0 Å². The zero-order valence-electron chi connectivity index (χ0n) is 15.2. The molecule has 5 rings (SSSR count). The summed E-state index contributed by atoms with van der Waals surface area (Å²) < 4.78 is 0. The summed E-state index contributed by atoms with van der Waals surface area (Å²) in [5.41, 5.74) is 7.69. The highest BCUT2D eigenvalue weighted by molar-refractivity contribution is 5.83. The average molecular weight is 351 g/mol. The topological polar surface area (TPSA) is 41.6 Å². The fourth-order valence-electron chi connectivity index (χ4n) is 3.87. The van der Waals surface area contributed by atoms with Gasteiger partial charge in [0.25, 0.3) is 0 Å². The summed E-state index contributed by atoms with van der Waals surface area (Å²) in [6.07, 6.45) is 12.1. The lowest BCUT2D eigenvalue weighted by atomic mass is 10.0. The van der Waals surface area contributed by atoms with Crippen molar-refractivity contribution in [1.29, 1.82) is 0 Å². The number of hydrogen-bond acceptors (Lipinski definition) is 2. The van der Waals surface area contributed by atoms with Crippen molar-refractivity contribution in [3.8, 4) is 0 Å². The molecule has 3 heteroatoms. The van der Waals surface area contributed by atoms with Crippen LogP contribution in [0.4, 0.5) is 0 Å². The lowest BCUT2D eigenvalue weighted by Gasteiger charge is -2.07. The molecule has 1 N–H and O–H groups in total. The van der Waals surface area contributed by atoms with Crippen molar-refractivity contribution in [1.82, 2.24) is 15.0 Å². The molecule has 0 spiro atoms. The van der Waals surface area contributed by atoms with Gasteiger partial charge < -0.3 is 4.98 Å². The van der Waals surface area contributed by atoms with Crippen LogP contribution in [0.1, 0.15) is 33.8 Å². The lowest BCUT2D eigenvalue weighted by Crippen LogP contribution is -2.02. The van der Waals surface area contributed by atoms with Crippen LogP contribution in [0.2, 0.25) is 0 Å². The molecule has 0 amide bonds. The summed E-state index contributed by atoms with van der Waals surface area (Å²) in [5.74, 6) is 0.921. The minimum atomic E-state index is 0.828. The molecule has 0 saturated heterocycles. The van der Waals surface area contributed by atoms with E-state index < -0.39 is 0 Å². The first kappa shape index (κ1) is 16.0. The van der Waals surface area contributed by atoms with Crippen molar-refractivity contribution in [2.45, 2.75) is 25.7 Å². The van der Waals surface area contributed by atoms with Gasteiger partial charge in [-0.2, -0.15) is 0 Å². The average Bonchev–Trinajstić information content (AvgIpc) is 3.36. The van der Waals surface area contributed by atoms with Gasteiger partial charge in [-0.1, -0.05) is 42.5 Å². The van der Waals surface area contributed by atoms with Crippen molar-refractivity contribution >= 4 is 17.0 Å². The highest BCUT2D eigenvalue weighted by Gasteiger charge is 2.08. The number of nitrogens with one attached hydrogen (secondary N) is 1. The van der Waals surface area contributed by atoms with Crippen LogP contribution in [-0.2, 0) is 25.7 Å². The number of H-pyrrole nitrogens is 1. The van der Waals surface area contributed by atoms with Crippen molar-refractivity contribution < 1.29 is 0 Å². The van der Waals surface area contributed by atoms with Gasteiger partial charge >= 0.3 is 0 Å². The smallest absolute Gasteiger partial charge is 0.128 e. The Morgan fingerprint density at radius 1 is 1.00 bits per heavy atom. The zero-order chi connectivity index (χ0) is 18.1. The molecule has 0 aliphatic heterocycles. The van der Waals surface area contributed by atoms with Gasteiger partial charge in [0.1, 0.15) is 5.82 Å². The van der Waals surface area contributed by atoms with Gasteiger partial charge in [0.15, 0.2) is 0 Å². The Bertz CT molecular complexity index is 1140. The maximum absolute atomic E-state index is 4.81. The molecule has 0 radical (unpaired) electrons. The van der Waals surface area contributed by atoms with Crippen molar-refractivity contribution in [2.24, 2.45) is 0 Å². The van der Waals surface area contributed by atoms with E-state index in [1.165, 1.54) is 33.2 Å². The second-order valence-electron chi connectivity index (χ2n) is 7.14. The molecule has 1 aliphatic rings. The van der Waals surface area contributed by atoms with E-state index in [1.54, 1.807) is 0 Å². The van der Waals surface area contributed by atoms with E-state index in [2.05, 4.69) is 64.6 Å². The van der Waals surface area contributed by atoms with Gasteiger partial charge in [-0.15, -0.1) is 0 Å². The van der Waals surface area contributed by atoms with Gasteiger partial charge in [-0.05, 0) is 53.3 Å². The van der Waals surface area contributed by atoms with E-state index in [9.17, 15) is 0 Å². The van der Waals surface area contributed by atoms with E-state index in [4.69, 9.17) is 4.98 Å². The maximum atomic E-state index is 4.81. The van der Waals surface area contributed by atoms with Crippen LogP contribution in [-0.4, -0.2) is 15.0 Å². The molecule has 2 aromatic carbocycles. The van der Waals surface area contributed by atoms with Crippen molar-refractivity contribution in [3.05, 3.63) is 101 Å². The van der Waals surface area contributed by atoms with E-state index in [1.807, 2.05) is 18.5 Å². The molecule has 2 heterocycles. The zero-order valence-corrected chi connectivity index (χ0v) is 15.2. The number of fused-ring (bicyclic) bond motifs is 2. The molecule has 0 saturated carbocycles. The van der Waals surface area contributed by atoms with Gasteiger partial charge in [-0.3, -0.25) is 0 Å². The normalized spacial score (nSPS) is 12.6. The molecule has 3 nitrogen and oxygen atoms in total. The van der Waals surface area contributed by atoms with Gasteiger partial charge in [0, 0.05) is 41.8 Å². The Balaban J connectivity index is 1.32. The van der Waals surface area contributed by atoms with Crippen LogP contribution >= 0.6 is 0 Å². The number of nitrogens with zero attached hydrogens (tertiary/aromatic N) is 2. The predicted octanol–water partition coefficient (Wildman–Crippen LogP) is 4.90. The second-order valence-corrected chi connectivity index (χ2v) is 7.14. The highest BCUT2D eigenvalue weighted by atomic mass is 14.9. The summed E-state index contributed by atoms with van der Waals surface area (Å²) in [6.45, 7) is 0. The molecule has 0 fully saturated rings. The predicted molar refractivity (Wildman–Crippen MR) is 110 cm³/mol. The minimum Gasteiger partial charge on any atom is -0.361 e. The molecule has 0 unspecified atom stereocenters. The first-order valence-electron chi connectivity index (χ1n) is 9.49. The molecular formula is C24H21N3. The molecule has 4 aromatic rings. The number of rotatable bonds is 5. The standard InChI is InChI=1S/C24H21N3/c1-3-18-9-7-17(15-19(18)4-1)8-10-24-26-13-11-21(27-24)16-20-5-2-6-23-22(20)12-14-25-23/h1-2,4-7,9,11-15,25H,3,8,10,16H2. The van der Waals surface area contributed by atoms with E-state index in [0.717, 1.165) is 37.2 Å². The summed E-state index contributed by atoms with van der Waals surface area (Å²) in [6, 6.07) is 17.3. The van der Waals surface area contributed by atoms with Crippen molar-refractivity contribution in [3.63, 3.8) is 0 Å². The SMILES string of the molecule is C1=Cc2cc(CCc3nccc(Cc4cccc5[nH]ccc45)n3)ccc2C1. The number of benzene rings is 2. The van der Waals surface area contributed by atoms with Gasteiger partial charge in [0.2, 0.25) is 0 Å². The van der Waals surface area contributed by atoms with Crippen LogP contribution in [0.5, 0.6) is 0 Å². The quantitative estimate of drug-likeness (QED) is 0.555. The summed E-state index contributed by atoms with van der Waals surface area (Å²) >= 11 is 0. The third-order valence-corrected chi connectivity index (χ3v) is 5.30. The van der Waals surface area contributed by atoms with Gasteiger partial charge in [-0.25, -0.2) is 9.97 Å². The second kappa shape index (κ2) is 6.84. The lowest BCUT2D eigenvalue weighted by molar-refractivity contribution is 0.837. The van der Waals surface area contributed by atoms with Crippen LogP contribution < -0.4 is 0 Å². The molecule has 0 bridgehead atoms. The Labute approximate surface area is 158 Å².